The number of benzene rings is 3. The van der Waals surface area contributed by atoms with Crippen molar-refractivity contribution in [2.75, 3.05) is 39.4 Å². The van der Waals surface area contributed by atoms with Crippen LogP contribution < -0.4 is 20.9 Å². The van der Waals surface area contributed by atoms with Crippen LogP contribution >= 0.6 is 0 Å². The third-order valence-electron chi connectivity index (χ3n) is 10.0. The van der Waals surface area contributed by atoms with Gasteiger partial charge in [0.15, 0.2) is 6.61 Å². The number of H-pyrrole nitrogens is 1. The average molecular weight is 713 g/mol. The van der Waals surface area contributed by atoms with E-state index in [2.05, 4.69) is 20.5 Å². The van der Waals surface area contributed by atoms with Gasteiger partial charge in [-0.3, -0.25) is 9.69 Å². The number of rotatable bonds is 16. The van der Waals surface area contributed by atoms with E-state index >= 15 is 0 Å². The van der Waals surface area contributed by atoms with Crippen molar-refractivity contribution in [3.8, 4) is 11.5 Å². The van der Waals surface area contributed by atoms with Crippen molar-refractivity contribution in [1.82, 2.24) is 20.5 Å². The molecule has 52 heavy (non-hydrogen) atoms. The molecule has 3 fully saturated rings. The number of aliphatic hydroxyl groups excluding tert-OH is 1. The van der Waals surface area contributed by atoms with Crippen molar-refractivity contribution in [2.24, 2.45) is 5.92 Å². The van der Waals surface area contributed by atoms with Gasteiger partial charge in [0, 0.05) is 30.6 Å². The number of pyridine rings is 1. The van der Waals surface area contributed by atoms with Gasteiger partial charge in [-0.2, -0.15) is 0 Å². The normalized spacial score (nSPS) is 19.8. The molecule has 12 heteroatoms. The van der Waals surface area contributed by atoms with Crippen LogP contribution in [0.2, 0.25) is 0 Å². The number of ether oxygens (including phenoxy) is 3. The molecule has 0 spiro atoms. The maximum absolute atomic E-state index is 13.1. The number of fused-ring (bicyclic) bond motifs is 4. The maximum atomic E-state index is 13.1. The van der Waals surface area contributed by atoms with Crippen LogP contribution in [0.1, 0.15) is 67.9 Å². The molecule has 1 amide bonds. The number of nitrogens with one attached hydrogen (secondary N) is 3. The molecule has 3 saturated heterocycles. The van der Waals surface area contributed by atoms with E-state index in [4.69, 9.17) is 14.2 Å². The fourth-order valence-electron chi connectivity index (χ4n) is 7.12. The second kappa shape index (κ2) is 17.5. The highest BCUT2D eigenvalue weighted by atomic mass is 16.6. The number of alkyl carbamates (subject to hydrolysis) is 1. The number of carbonyl (C=O) groups is 2. The van der Waals surface area contributed by atoms with Gasteiger partial charge in [0.1, 0.15) is 17.6 Å². The Morgan fingerprint density at radius 3 is 2.54 bits per heavy atom. The Labute approximate surface area is 303 Å². The van der Waals surface area contributed by atoms with E-state index in [0.717, 1.165) is 56.4 Å². The first-order chi connectivity index (χ1) is 25.2. The first-order valence-corrected chi connectivity index (χ1v) is 18.1. The van der Waals surface area contributed by atoms with E-state index in [1.54, 1.807) is 18.2 Å². The molecule has 2 bridgehead atoms. The monoisotopic (exact) mass is 712 g/mol. The summed E-state index contributed by atoms with van der Waals surface area (Å²) in [6, 6.07) is 22.7. The minimum atomic E-state index is -0.838. The number of hydrogen-bond acceptors (Lipinski definition) is 10. The van der Waals surface area contributed by atoms with Crippen molar-refractivity contribution in [3.05, 3.63) is 106 Å². The smallest absolute Gasteiger partial charge is 0.408 e. The number of amides is 1. The van der Waals surface area contributed by atoms with Crippen LogP contribution in [0.25, 0.3) is 10.9 Å². The molecule has 0 saturated carbocycles. The topological polar surface area (TPSA) is 162 Å². The van der Waals surface area contributed by atoms with Crippen LogP contribution in [-0.2, 0) is 14.3 Å². The molecule has 276 valence electrons. The first-order valence-electron chi connectivity index (χ1n) is 18.1. The fourth-order valence-corrected chi connectivity index (χ4v) is 7.12. The molecule has 3 aliphatic heterocycles. The molecule has 7 rings (SSSR count). The number of nitrogens with zero attached hydrogens (tertiary/aromatic N) is 1. The van der Waals surface area contributed by atoms with Gasteiger partial charge in [-0.05, 0) is 99.0 Å². The summed E-state index contributed by atoms with van der Waals surface area (Å²) in [5.74, 6) is 0.370. The predicted molar refractivity (Wildman–Crippen MR) is 196 cm³/mol. The molecule has 3 aliphatic rings. The Hall–Kier alpha value is -4.91. The number of unbranched alkanes of at least 4 members (excludes halogenated alkanes) is 1. The number of phenolic OH excluding ortho intramolecular Hbond substituents is 1. The largest absolute Gasteiger partial charge is 0.506 e. The highest BCUT2D eigenvalue weighted by Gasteiger charge is 2.37. The van der Waals surface area contributed by atoms with E-state index in [-0.39, 0.29) is 36.7 Å². The Morgan fingerprint density at radius 1 is 0.981 bits per heavy atom. The van der Waals surface area contributed by atoms with Crippen molar-refractivity contribution in [2.45, 2.75) is 63.3 Å². The predicted octanol–water partition coefficient (Wildman–Crippen LogP) is 4.95. The molecule has 4 aromatic rings. The Balaban J connectivity index is 0.918. The highest BCUT2D eigenvalue weighted by Crippen LogP contribution is 2.31. The number of aromatic nitrogens is 1. The molecule has 5 N–H and O–H groups in total. The van der Waals surface area contributed by atoms with Crippen LogP contribution in [0.15, 0.2) is 83.7 Å². The summed E-state index contributed by atoms with van der Waals surface area (Å²) in [6.07, 6.45) is 3.00. The molecule has 2 unspecified atom stereocenters. The van der Waals surface area contributed by atoms with Crippen LogP contribution in [0.4, 0.5) is 4.79 Å². The summed E-state index contributed by atoms with van der Waals surface area (Å²) >= 11 is 0. The number of aromatic hydroxyl groups is 1. The zero-order valence-corrected chi connectivity index (χ0v) is 29.5. The molecular formula is C40H48N4O8. The van der Waals surface area contributed by atoms with Gasteiger partial charge in [0.05, 0.1) is 24.3 Å². The van der Waals surface area contributed by atoms with Crippen molar-refractivity contribution < 1.29 is 34.0 Å². The summed E-state index contributed by atoms with van der Waals surface area (Å²) in [6.45, 7) is 5.24. The lowest BCUT2D eigenvalue weighted by molar-refractivity contribution is -0.146. The number of aliphatic hydroxyl groups is 1. The minimum absolute atomic E-state index is 0.0500. The van der Waals surface area contributed by atoms with Crippen LogP contribution in [0.5, 0.6) is 11.5 Å². The van der Waals surface area contributed by atoms with E-state index in [9.17, 15) is 24.6 Å². The summed E-state index contributed by atoms with van der Waals surface area (Å²) in [5.41, 5.74) is 2.27. The minimum Gasteiger partial charge on any atom is -0.506 e. The summed E-state index contributed by atoms with van der Waals surface area (Å²) in [4.78, 5) is 42.3. The molecular weight excluding hydrogens is 664 g/mol. The number of phenols is 1. The van der Waals surface area contributed by atoms with Gasteiger partial charge in [0.25, 0.3) is 0 Å². The quantitative estimate of drug-likeness (QED) is 0.0794. The van der Waals surface area contributed by atoms with Gasteiger partial charge < -0.3 is 40.0 Å². The summed E-state index contributed by atoms with van der Waals surface area (Å²) in [7, 11) is 0. The molecule has 0 radical (unpaired) electrons. The fraction of sp³-hybridized carbons (Fsp3) is 0.425. The van der Waals surface area contributed by atoms with E-state index in [1.807, 2.05) is 55.5 Å². The van der Waals surface area contributed by atoms with Crippen LogP contribution in [0, 0.1) is 5.92 Å². The van der Waals surface area contributed by atoms with Gasteiger partial charge in [-0.15, -0.1) is 0 Å². The van der Waals surface area contributed by atoms with E-state index in [1.165, 1.54) is 12.1 Å². The molecule has 3 aromatic carbocycles. The molecule has 4 atom stereocenters. The molecule has 12 nitrogen and oxygen atoms in total. The molecule has 1 aromatic heterocycles. The standard InChI is InChI=1S/C40H48N4O8/c1-26(41-23-34(46)31-13-15-33(45)39-32(31)14-16-36(47)42-39)8-5-6-21-50-37(48)25-51-30-12-7-11-29(22-30)38(28-9-3-2-4-10-28)43-40(49)52-35-24-44-19-17-27(35)18-20-44/h2-4,7,9-16,22,26-27,34-35,38,41,45-46H,5-6,8,17-21,23-25H2,1H3,(H,42,47)(H,43,49)/t26?,34-,35-,38?/m0/s1. The number of aromatic amines is 1. The van der Waals surface area contributed by atoms with Crippen LogP contribution in [0.3, 0.4) is 0 Å². The summed E-state index contributed by atoms with van der Waals surface area (Å²) in [5, 5.41) is 27.9. The zero-order valence-electron chi connectivity index (χ0n) is 29.5. The second-order valence-corrected chi connectivity index (χ2v) is 13.8. The lowest BCUT2D eigenvalue weighted by atomic mass is 9.86. The van der Waals surface area contributed by atoms with Crippen molar-refractivity contribution in [3.63, 3.8) is 0 Å². The number of carbonyl (C=O) groups excluding carboxylic acids is 2. The summed E-state index contributed by atoms with van der Waals surface area (Å²) < 4.78 is 17.1. The van der Waals surface area contributed by atoms with Gasteiger partial charge in [-0.1, -0.05) is 48.5 Å². The molecule has 0 aliphatic carbocycles. The third kappa shape index (κ3) is 9.69. The Kier molecular flexibility index (Phi) is 12.4. The average Bonchev–Trinajstić information content (AvgIpc) is 3.16. The number of hydrogen-bond donors (Lipinski definition) is 5. The number of piperidine rings is 3. The molecule has 4 heterocycles. The van der Waals surface area contributed by atoms with Gasteiger partial charge >= 0.3 is 12.1 Å². The van der Waals surface area contributed by atoms with Gasteiger partial charge in [-0.25, -0.2) is 9.59 Å². The lowest BCUT2D eigenvalue weighted by Gasteiger charge is -2.43. The zero-order chi connectivity index (χ0) is 36.5. The van der Waals surface area contributed by atoms with Crippen molar-refractivity contribution in [1.29, 1.82) is 0 Å². The van der Waals surface area contributed by atoms with E-state index in [0.29, 0.717) is 41.1 Å². The Morgan fingerprint density at radius 2 is 1.77 bits per heavy atom. The SMILES string of the molecule is CC(CCCCOC(=O)COc1cccc(C(NC(=O)O[C@H]2CN3CCC2CC3)c2ccccc2)c1)NC[C@H](O)c1ccc(O)c2[nH]c(=O)ccc12. The van der Waals surface area contributed by atoms with Gasteiger partial charge in [0.2, 0.25) is 5.56 Å². The van der Waals surface area contributed by atoms with Crippen LogP contribution in [-0.4, -0.2) is 83.7 Å². The maximum Gasteiger partial charge on any atom is 0.408 e. The highest BCUT2D eigenvalue weighted by molar-refractivity contribution is 5.87. The second-order valence-electron chi connectivity index (χ2n) is 13.8. The van der Waals surface area contributed by atoms with E-state index < -0.39 is 24.2 Å². The first kappa shape index (κ1) is 36.9. The van der Waals surface area contributed by atoms with Crippen molar-refractivity contribution >= 4 is 23.0 Å². The Bertz CT molecular complexity index is 1860. The number of esters is 1. The lowest BCUT2D eigenvalue weighted by Crippen LogP contribution is -2.52. The third-order valence-corrected chi connectivity index (χ3v) is 10.0.